The Morgan fingerprint density at radius 3 is 2.71 bits per heavy atom. The summed E-state index contributed by atoms with van der Waals surface area (Å²) in [6, 6.07) is 4.81. The molecule has 1 aromatic carbocycles. The van der Waals surface area contributed by atoms with Gasteiger partial charge in [0.15, 0.2) is 0 Å². The van der Waals surface area contributed by atoms with E-state index in [4.69, 9.17) is 5.14 Å². The van der Waals surface area contributed by atoms with Crippen molar-refractivity contribution in [3.05, 3.63) is 45.9 Å². The summed E-state index contributed by atoms with van der Waals surface area (Å²) in [5.74, 6) is -1.21. The Hall–Kier alpha value is -1.77. The summed E-state index contributed by atoms with van der Waals surface area (Å²) in [6.07, 6.45) is 0.673. The number of primary sulfonamides is 1. The van der Waals surface area contributed by atoms with Crippen molar-refractivity contribution in [3.8, 4) is 0 Å². The summed E-state index contributed by atoms with van der Waals surface area (Å²) in [5.41, 5.74) is 0.627. The molecule has 0 aliphatic heterocycles. The summed E-state index contributed by atoms with van der Waals surface area (Å²) in [7, 11) is -3.96. The summed E-state index contributed by atoms with van der Waals surface area (Å²) in [6.45, 7) is 1.90. The highest BCUT2D eigenvalue weighted by Gasteiger charge is 2.16. The lowest BCUT2D eigenvalue weighted by Gasteiger charge is -2.08. The zero-order valence-corrected chi connectivity index (χ0v) is 12.7. The number of halogens is 1. The number of hydrogen-bond acceptors (Lipinski definition) is 4. The molecule has 0 spiro atoms. The molecule has 0 unspecified atom stereocenters. The minimum Gasteiger partial charge on any atom is -0.319 e. The summed E-state index contributed by atoms with van der Waals surface area (Å²) in [4.78, 5) is 12.3. The van der Waals surface area contributed by atoms with E-state index in [1.54, 1.807) is 5.38 Å². The van der Waals surface area contributed by atoms with Gasteiger partial charge in [-0.15, -0.1) is 11.3 Å². The average molecular weight is 328 g/mol. The Labute approximate surface area is 125 Å². The summed E-state index contributed by atoms with van der Waals surface area (Å²) in [5, 5.41) is 9.13. The highest BCUT2D eigenvalue weighted by atomic mass is 32.2. The van der Waals surface area contributed by atoms with Crippen LogP contribution in [0.4, 0.5) is 10.1 Å². The molecule has 1 amide bonds. The largest absolute Gasteiger partial charge is 0.319 e. The van der Waals surface area contributed by atoms with E-state index in [2.05, 4.69) is 5.32 Å². The van der Waals surface area contributed by atoms with Crippen LogP contribution in [0.15, 0.2) is 34.5 Å². The van der Waals surface area contributed by atoms with Crippen LogP contribution in [0.2, 0.25) is 0 Å². The third-order valence-electron chi connectivity index (χ3n) is 2.85. The Morgan fingerprint density at radius 2 is 2.10 bits per heavy atom. The second-order valence-corrected chi connectivity index (χ2v) is 6.75. The van der Waals surface area contributed by atoms with Crippen molar-refractivity contribution in [2.24, 2.45) is 5.14 Å². The van der Waals surface area contributed by atoms with Crippen molar-refractivity contribution in [1.82, 2.24) is 0 Å². The summed E-state index contributed by atoms with van der Waals surface area (Å²) < 4.78 is 36.2. The predicted octanol–water partition coefficient (Wildman–Crippen LogP) is 2.35. The number of anilines is 1. The van der Waals surface area contributed by atoms with Crippen LogP contribution in [-0.4, -0.2) is 14.3 Å². The number of benzene rings is 1. The van der Waals surface area contributed by atoms with Gasteiger partial charge in [-0.25, -0.2) is 17.9 Å². The maximum Gasteiger partial charge on any atom is 0.266 e. The summed E-state index contributed by atoms with van der Waals surface area (Å²) >= 11 is 1.24. The molecule has 8 heteroatoms. The molecule has 2 rings (SSSR count). The molecule has 0 saturated carbocycles. The maximum atomic E-state index is 13.7. The van der Waals surface area contributed by atoms with Crippen LogP contribution in [-0.2, 0) is 16.4 Å². The van der Waals surface area contributed by atoms with Gasteiger partial charge in [-0.3, -0.25) is 4.79 Å². The molecule has 3 N–H and O–H groups in total. The molecule has 21 heavy (non-hydrogen) atoms. The van der Waals surface area contributed by atoms with E-state index in [9.17, 15) is 17.6 Å². The standard InChI is InChI=1S/C13H13FN2O3S2/c1-2-8-5-6-20-12(8)13(17)16-11-7-9(21(15,18)19)3-4-10(11)14/h3-7H,2H2,1H3,(H,16,17)(H2,15,18,19). The van der Waals surface area contributed by atoms with Gasteiger partial charge in [-0.05, 0) is 41.6 Å². The van der Waals surface area contributed by atoms with Crippen molar-refractivity contribution in [2.75, 3.05) is 5.32 Å². The van der Waals surface area contributed by atoms with E-state index in [-0.39, 0.29) is 10.6 Å². The van der Waals surface area contributed by atoms with Crippen LogP contribution in [0.5, 0.6) is 0 Å². The SMILES string of the molecule is CCc1ccsc1C(=O)Nc1cc(S(N)(=O)=O)ccc1F. The van der Waals surface area contributed by atoms with Gasteiger partial charge < -0.3 is 5.32 Å². The molecule has 0 aliphatic rings. The molecule has 1 heterocycles. The van der Waals surface area contributed by atoms with Gasteiger partial charge in [-0.2, -0.15) is 0 Å². The first kappa shape index (κ1) is 15.6. The number of rotatable bonds is 4. The van der Waals surface area contributed by atoms with E-state index < -0.39 is 21.7 Å². The normalized spacial score (nSPS) is 11.4. The number of carbonyl (C=O) groups is 1. The van der Waals surface area contributed by atoms with Gasteiger partial charge in [0, 0.05) is 0 Å². The number of sulfonamides is 1. The van der Waals surface area contributed by atoms with Crippen molar-refractivity contribution >= 4 is 33.0 Å². The Bertz CT molecular complexity index is 784. The average Bonchev–Trinajstić information content (AvgIpc) is 2.88. The fraction of sp³-hybridized carbons (Fsp3) is 0.154. The molecule has 0 aliphatic carbocycles. The first-order valence-electron chi connectivity index (χ1n) is 6.03. The molecule has 2 aromatic rings. The number of amides is 1. The minimum absolute atomic E-state index is 0.220. The van der Waals surface area contributed by atoms with Crippen molar-refractivity contribution in [3.63, 3.8) is 0 Å². The third-order valence-corrected chi connectivity index (χ3v) is 4.71. The topological polar surface area (TPSA) is 89.3 Å². The second kappa shape index (κ2) is 5.92. The zero-order valence-electron chi connectivity index (χ0n) is 11.1. The Morgan fingerprint density at radius 1 is 1.38 bits per heavy atom. The molecule has 0 fully saturated rings. The second-order valence-electron chi connectivity index (χ2n) is 4.27. The highest BCUT2D eigenvalue weighted by Crippen LogP contribution is 2.22. The monoisotopic (exact) mass is 328 g/mol. The number of thiophene rings is 1. The number of nitrogens with one attached hydrogen (secondary N) is 1. The van der Waals surface area contributed by atoms with E-state index in [1.807, 2.05) is 13.0 Å². The molecule has 0 radical (unpaired) electrons. The number of carbonyl (C=O) groups excluding carboxylic acids is 1. The smallest absolute Gasteiger partial charge is 0.266 e. The first-order valence-corrected chi connectivity index (χ1v) is 8.45. The molecule has 0 bridgehead atoms. The number of nitrogens with two attached hydrogens (primary N) is 1. The van der Waals surface area contributed by atoms with Gasteiger partial charge in [0.1, 0.15) is 5.82 Å². The lowest BCUT2D eigenvalue weighted by atomic mass is 10.2. The first-order chi connectivity index (χ1) is 9.82. The van der Waals surface area contributed by atoms with Crippen LogP contribution in [0.1, 0.15) is 22.2 Å². The van der Waals surface area contributed by atoms with Crippen LogP contribution in [0.25, 0.3) is 0 Å². The van der Waals surface area contributed by atoms with Crippen molar-refractivity contribution in [2.45, 2.75) is 18.2 Å². The fourth-order valence-electron chi connectivity index (χ4n) is 1.77. The van der Waals surface area contributed by atoms with Gasteiger partial charge in [0.05, 0.1) is 15.5 Å². The zero-order chi connectivity index (χ0) is 15.6. The Balaban J connectivity index is 2.33. The van der Waals surface area contributed by atoms with E-state index in [0.29, 0.717) is 11.3 Å². The van der Waals surface area contributed by atoms with E-state index in [0.717, 1.165) is 23.8 Å². The molecule has 0 saturated heterocycles. The van der Waals surface area contributed by atoms with Crippen LogP contribution < -0.4 is 10.5 Å². The molecule has 5 nitrogen and oxygen atoms in total. The lowest BCUT2D eigenvalue weighted by Crippen LogP contribution is -2.16. The number of aryl methyl sites for hydroxylation is 1. The number of hydrogen-bond donors (Lipinski definition) is 2. The predicted molar refractivity (Wildman–Crippen MR) is 79.4 cm³/mol. The highest BCUT2D eigenvalue weighted by molar-refractivity contribution is 7.89. The molecule has 0 atom stereocenters. The molecule has 112 valence electrons. The van der Waals surface area contributed by atoms with Crippen LogP contribution >= 0.6 is 11.3 Å². The van der Waals surface area contributed by atoms with Crippen LogP contribution in [0, 0.1) is 5.82 Å². The van der Waals surface area contributed by atoms with E-state index >= 15 is 0 Å². The Kier molecular flexibility index (Phi) is 4.40. The lowest BCUT2D eigenvalue weighted by molar-refractivity contribution is 0.102. The maximum absolute atomic E-state index is 13.7. The van der Waals surface area contributed by atoms with Crippen molar-refractivity contribution < 1.29 is 17.6 Å². The fourth-order valence-corrected chi connectivity index (χ4v) is 3.20. The van der Waals surface area contributed by atoms with E-state index in [1.165, 1.54) is 11.3 Å². The molecular formula is C13H13FN2O3S2. The minimum atomic E-state index is -3.96. The van der Waals surface area contributed by atoms with Crippen LogP contribution in [0.3, 0.4) is 0 Å². The quantitative estimate of drug-likeness (QED) is 0.903. The molecular weight excluding hydrogens is 315 g/mol. The van der Waals surface area contributed by atoms with Gasteiger partial charge >= 0.3 is 0 Å². The van der Waals surface area contributed by atoms with Gasteiger partial charge in [-0.1, -0.05) is 6.92 Å². The third kappa shape index (κ3) is 3.46. The molecule has 1 aromatic heterocycles. The van der Waals surface area contributed by atoms with Crippen molar-refractivity contribution in [1.29, 1.82) is 0 Å². The van der Waals surface area contributed by atoms with Gasteiger partial charge in [0.25, 0.3) is 5.91 Å². The van der Waals surface area contributed by atoms with Gasteiger partial charge in [0.2, 0.25) is 10.0 Å².